The summed E-state index contributed by atoms with van der Waals surface area (Å²) in [5.74, 6) is 0.954. The van der Waals surface area contributed by atoms with Gasteiger partial charge in [-0.3, -0.25) is 4.90 Å². The van der Waals surface area contributed by atoms with Crippen LogP contribution in [0.25, 0.3) is 0 Å². The van der Waals surface area contributed by atoms with Crippen LogP contribution in [0.1, 0.15) is 25.8 Å². The summed E-state index contributed by atoms with van der Waals surface area (Å²) in [6.07, 6.45) is 1.17. The molecule has 1 aromatic carbocycles. The Labute approximate surface area is 92.9 Å². The van der Waals surface area contributed by atoms with Crippen LogP contribution >= 0.6 is 0 Å². The zero-order chi connectivity index (χ0) is 11.1. The summed E-state index contributed by atoms with van der Waals surface area (Å²) in [6, 6.07) is 8.20. The van der Waals surface area contributed by atoms with Crippen molar-refractivity contribution < 1.29 is 4.74 Å². The highest BCUT2D eigenvalue weighted by Gasteiger charge is 2.00. The lowest BCUT2D eigenvalue weighted by molar-refractivity contribution is 0.132. The van der Waals surface area contributed by atoms with E-state index in [4.69, 9.17) is 4.74 Å². The average Bonchev–Trinajstić information content (AvgIpc) is 2.26. The second-order valence-corrected chi connectivity index (χ2v) is 3.80. The molecule has 0 saturated carbocycles. The maximum absolute atomic E-state index is 5.69. The Morgan fingerprint density at radius 1 is 1.13 bits per heavy atom. The van der Waals surface area contributed by atoms with Gasteiger partial charge in [-0.15, -0.1) is 0 Å². The molecule has 0 radical (unpaired) electrons. The van der Waals surface area contributed by atoms with Gasteiger partial charge in [0, 0.05) is 6.54 Å². The smallest absolute Gasteiger partial charge is 0.142 e. The van der Waals surface area contributed by atoms with Crippen LogP contribution in [0.15, 0.2) is 24.3 Å². The molecule has 0 amide bonds. The summed E-state index contributed by atoms with van der Waals surface area (Å²) in [5, 5.41) is 0. The van der Waals surface area contributed by atoms with Crippen LogP contribution < -0.4 is 4.74 Å². The summed E-state index contributed by atoms with van der Waals surface area (Å²) >= 11 is 0. The van der Waals surface area contributed by atoms with Gasteiger partial charge in [0.2, 0.25) is 0 Å². The van der Waals surface area contributed by atoms with Gasteiger partial charge in [0.15, 0.2) is 0 Å². The molecule has 0 fully saturated rings. The first-order valence-electron chi connectivity index (χ1n) is 5.68. The molecule has 0 atom stereocenters. The van der Waals surface area contributed by atoms with E-state index < -0.39 is 0 Å². The van der Waals surface area contributed by atoms with Crippen LogP contribution in [0.4, 0.5) is 0 Å². The third kappa shape index (κ3) is 4.34. The number of ether oxygens (including phenoxy) is 1. The fourth-order valence-electron chi connectivity index (χ4n) is 1.43. The molecule has 1 rings (SSSR count). The SMILES string of the molecule is CCCN(CC)COc1ccc(C)cc1. The van der Waals surface area contributed by atoms with Gasteiger partial charge >= 0.3 is 0 Å². The summed E-state index contributed by atoms with van der Waals surface area (Å²) in [7, 11) is 0. The third-order valence-corrected chi connectivity index (χ3v) is 2.42. The Bertz CT molecular complexity index is 268. The Kier molecular flexibility index (Phi) is 5.19. The summed E-state index contributed by atoms with van der Waals surface area (Å²) < 4.78 is 5.69. The van der Waals surface area contributed by atoms with Crippen molar-refractivity contribution in [2.24, 2.45) is 0 Å². The van der Waals surface area contributed by atoms with Crippen molar-refractivity contribution >= 4 is 0 Å². The van der Waals surface area contributed by atoms with E-state index >= 15 is 0 Å². The molecule has 0 spiro atoms. The minimum absolute atomic E-state index is 0.688. The maximum atomic E-state index is 5.69. The zero-order valence-corrected chi connectivity index (χ0v) is 9.99. The quantitative estimate of drug-likeness (QED) is 0.665. The molecule has 2 nitrogen and oxygen atoms in total. The van der Waals surface area contributed by atoms with E-state index in [1.165, 1.54) is 12.0 Å². The molecule has 0 aliphatic carbocycles. The molecule has 84 valence electrons. The van der Waals surface area contributed by atoms with Crippen molar-refractivity contribution in [3.8, 4) is 5.75 Å². The maximum Gasteiger partial charge on any atom is 0.142 e. The van der Waals surface area contributed by atoms with Gasteiger partial charge in [0.05, 0.1) is 0 Å². The van der Waals surface area contributed by atoms with Gasteiger partial charge in [0.25, 0.3) is 0 Å². The first kappa shape index (κ1) is 12.1. The van der Waals surface area contributed by atoms with Crippen LogP contribution in [-0.2, 0) is 0 Å². The number of rotatable bonds is 6. The van der Waals surface area contributed by atoms with Crippen LogP contribution in [0.3, 0.4) is 0 Å². The first-order valence-corrected chi connectivity index (χ1v) is 5.68. The van der Waals surface area contributed by atoms with E-state index in [1.54, 1.807) is 0 Å². The molecule has 0 aliphatic rings. The predicted molar refractivity (Wildman–Crippen MR) is 64.2 cm³/mol. The fraction of sp³-hybridized carbons (Fsp3) is 0.538. The number of aryl methyl sites for hydroxylation is 1. The normalized spacial score (nSPS) is 10.7. The number of hydrogen-bond donors (Lipinski definition) is 0. The monoisotopic (exact) mass is 207 g/mol. The van der Waals surface area contributed by atoms with E-state index in [-0.39, 0.29) is 0 Å². The first-order chi connectivity index (χ1) is 7.26. The molecule has 1 aromatic rings. The molecule has 0 saturated heterocycles. The molecular formula is C13H21NO. The highest BCUT2D eigenvalue weighted by molar-refractivity contribution is 5.26. The highest BCUT2D eigenvalue weighted by atomic mass is 16.5. The lowest BCUT2D eigenvalue weighted by Crippen LogP contribution is -2.28. The van der Waals surface area contributed by atoms with E-state index in [1.807, 2.05) is 12.1 Å². The second-order valence-electron chi connectivity index (χ2n) is 3.80. The molecule has 0 unspecified atom stereocenters. The summed E-state index contributed by atoms with van der Waals surface area (Å²) in [4.78, 5) is 2.29. The average molecular weight is 207 g/mol. The topological polar surface area (TPSA) is 12.5 Å². The molecule has 15 heavy (non-hydrogen) atoms. The van der Waals surface area contributed by atoms with Crippen molar-refractivity contribution in [3.05, 3.63) is 29.8 Å². The molecule has 0 aromatic heterocycles. The minimum atomic E-state index is 0.688. The molecular weight excluding hydrogens is 186 g/mol. The fourth-order valence-corrected chi connectivity index (χ4v) is 1.43. The van der Waals surface area contributed by atoms with E-state index in [0.717, 1.165) is 18.8 Å². The van der Waals surface area contributed by atoms with Crippen LogP contribution in [0, 0.1) is 6.92 Å². The Morgan fingerprint density at radius 3 is 2.33 bits per heavy atom. The van der Waals surface area contributed by atoms with Gasteiger partial charge in [-0.05, 0) is 32.0 Å². The lowest BCUT2D eigenvalue weighted by Gasteiger charge is -2.19. The van der Waals surface area contributed by atoms with Gasteiger partial charge in [-0.1, -0.05) is 31.5 Å². The summed E-state index contributed by atoms with van der Waals surface area (Å²) in [5.41, 5.74) is 1.27. The van der Waals surface area contributed by atoms with Crippen LogP contribution in [0.5, 0.6) is 5.75 Å². The zero-order valence-electron chi connectivity index (χ0n) is 9.99. The molecule has 2 heteroatoms. The number of nitrogens with zero attached hydrogens (tertiary/aromatic N) is 1. The number of benzene rings is 1. The second kappa shape index (κ2) is 6.46. The molecule has 0 aliphatic heterocycles. The van der Waals surface area contributed by atoms with E-state index in [9.17, 15) is 0 Å². The van der Waals surface area contributed by atoms with Crippen molar-refractivity contribution in [3.63, 3.8) is 0 Å². The third-order valence-electron chi connectivity index (χ3n) is 2.42. The largest absolute Gasteiger partial charge is 0.478 e. The van der Waals surface area contributed by atoms with Gasteiger partial charge in [-0.2, -0.15) is 0 Å². The Morgan fingerprint density at radius 2 is 1.80 bits per heavy atom. The highest BCUT2D eigenvalue weighted by Crippen LogP contribution is 2.11. The molecule has 0 heterocycles. The van der Waals surface area contributed by atoms with Crippen molar-refractivity contribution in [1.82, 2.24) is 4.90 Å². The Balaban J connectivity index is 2.38. The standard InChI is InChI=1S/C13H21NO/c1-4-10-14(5-2)11-15-13-8-6-12(3)7-9-13/h6-9H,4-5,10-11H2,1-3H3. The van der Waals surface area contributed by atoms with Crippen molar-refractivity contribution in [2.45, 2.75) is 27.2 Å². The van der Waals surface area contributed by atoms with Gasteiger partial charge in [0.1, 0.15) is 12.5 Å². The number of hydrogen-bond acceptors (Lipinski definition) is 2. The van der Waals surface area contributed by atoms with Crippen LogP contribution in [0.2, 0.25) is 0 Å². The van der Waals surface area contributed by atoms with Gasteiger partial charge in [-0.25, -0.2) is 0 Å². The summed E-state index contributed by atoms with van der Waals surface area (Å²) in [6.45, 7) is 9.26. The lowest BCUT2D eigenvalue weighted by atomic mass is 10.2. The van der Waals surface area contributed by atoms with Crippen LogP contribution in [-0.4, -0.2) is 24.7 Å². The van der Waals surface area contributed by atoms with E-state index in [2.05, 4.69) is 37.8 Å². The Hall–Kier alpha value is -1.02. The van der Waals surface area contributed by atoms with Crippen molar-refractivity contribution in [2.75, 3.05) is 19.8 Å². The van der Waals surface area contributed by atoms with E-state index in [0.29, 0.717) is 6.73 Å². The van der Waals surface area contributed by atoms with Gasteiger partial charge < -0.3 is 4.74 Å². The minimum Gasteiger partial charge on any atom is -0.478 e. The van der Waals surface area contributed by atoms with Crippen molar-refractivity contribution in [1.29, 1.82) is 0 Å². The predicted octanol–water partition coefficient (Wildman–Crippen LogP) is 3.06. The molecule has 0 N–H and O–H groups in total. The molecule has 0 bridgehead atoms.